The normalized spacial score (nSPS) is 17.2. The number of piperidine rings is 1. The Labute approximate surface area is 191 Å². The van der Waals surface area contributed by atoms with E-state index < -0.39 is 15.9 Å². The molecule has 1 aliphatic heterocycles. The molecular formula is C22H24N4O4S2. The van der Waals surface area contributed by atoms with E-state index in [1.54, 1.807) is 11.8 Å². The van der Waals surface area contributed by atoms with Gasteiger partial charge in [-0.1, -0.05) is 12.0 Å². The minimum atomic E-state index is -3.57. The van der Waals surface area contributed by atoms with Crippen molar-refractivity contribution in [3.8, 4) is 11.5 Å². The van der Waals surface area contributed by atoms with Gasteiger partial charge in [-0.05, 0) is 73.5 Å². The maximum Gasteiger partial charge on any atom is 0.322 e. The van der Waals surface area contributed by atoms with E-state index in [1.165, 1.54) is 28.6 Å². The number of hydrogen-bond acceptors (Lipinski definition) is 7. The van der Waals surface area contributed by atoms with Crippen molar-refractivity contribution in [1.82, 2.24) is 14.5 Å². The fourth-order valence-corrected chi connectivity index (χ4v) is 5.59. The molecule has 0 aliphatic carbocycles. The van der Waals surface area contributed by atoms with Gasteiger partial charge < -0.3 is 4.42 Å². The molecule has 0 bridgehead atoms. The summed E-state index contributed by atoms with van der Waals surface area (Å²) in [7, 11) is -3.57. The number of aromatic nitrogens is 2. The second-order valence-corrected chi connectivity index (χ2v) is 10.5. The summed E-state index contributed by atoms with van der Waals surface area (Å²) in [5.41, 5.74) is 1.04. The molecule has 168 valence electrons. The van der Waals surface area contributed by atoms with Crippen LogP contribution in [0, 0.1) is 5.92 Å². The van der Waals surface area contributed by atoms with Gasteiger partial charge >= 0.3 is 6.01 Å². The molecule has 0 unspecified atom stereocenters. The van der Waals surface area contributed by atoms with Crippen LogP contribution in [-0.4, -0.2) is 48.2 Å². The lowest BCUT2D eigenvalue weighted by molar-refractivity contribution is 0.102. The van der Waals surface area contributed by atoms with E-state index in [9.17, 15) is 13.2 Å². The Kier molecular flexibility index (Phi) is 6.63. The fourth-order valence-electron chi connectivity index (χ4n) is 3.59. The maximum absolute atomic E-state index is 12.9. The van der Waals surface area contributed by atoms with Gasteiger partial charge in [-0.2, -0.15) is 4.31 Å². The van der Waals surface area contributed by atoms with Crippen LogP contribution in [0.15, 0.2) is 62.7 Å². The highest BCUT2D eigenvalue weighted by Crippen LogP contribution is 2.25. The summed E-state index contributed by atoms with van der Waals surface area (Å²) < 4.78 is 32.8. The van der Waals surface area contributed by atoms with Gasteiger partial charge in [0.1, 0.15) is 0 Å². The number of anilines is 1. The van der Waals surface area contributed by atoms with Crippen LogP contribution < -0.4 is 5.32 Å². The van der Waals surface area contributed by atoms with Crippen LogP contribution in [0.2, 0.25) is 0 Å². The van der Waals surface area contributed by atoms with Crippen LogP contribution in [0.3, 0.4) is 0 Å². The van der Waals surface area contributed by atoms with Crippen molar-refractivity contribution in [2.45, 2.75) is 29.6 Å². The summed E-state index contributed by atoms with van der Waals surface area (Å²) in [5, 5.41) is 10.4. The number of thioether (sulfide) groups is 1. The molecule has 0 radical (unpaired) electrons. The second kappa shape index (κ2) is 9.43. The predicted molar refractivity (Wildman–Crippen MR) is 123 cm³/mol. The van der Waals surface area contributed by atoms with E-state index in [1.807, 2.05) is 30.5 Å². The van der Waals surface area contributed by atoms with Gasteiger partial charge in [-0.3, -0.25) is 10.1 Å². The lowest BCUT2D eigenvalue weighted by Crippen LogP contribution is -2.39. The van der Waals surface area contributed by atoms with E-state index in [0.29, 0.717) is 30.5 Å². The molecule has 2 aromatic carbocycles. The van der Waals surface area contributed by atoms with E-state index in [2.05, 4.69) is 22.4 Å². The van der Waals surface area contributed by atoms with Crippen LogP contribution in [-0.2, 0) is 10.0 Å². The van der Waals surface area contributed by atoms with Gasteiger partial charge in [0.15, 0.2) is 0 Å². The molecule has 8 nitrogen and oxygen atoms in total. The monoisotopic (exact) mass is 472 g/mol. The molecule has 1 saturated heterocycles. The lowest BCUT2D eigenvalue weighted by Gasteiger charge is -2.30. The minimum absolute atomic E-state index is 0.0297. The Morgan fingerprint density at radius 1 is 1.12 bits per heavy atom. The fraction of sp³-hybridized carbons (Fsp3) is 0.318. The van der Waals surface area contributed by atoms with Crippen LogP contribution in [0.1, 0.15) is 30.1 Å². The van der Waals surface area contributed by atoms with E-state index in [0.717, 1.165) is 23.3 Å². The third-order valence-corrected chi connectivity index (χ3v) is 7.98. The first kappa shape index (κ1) is 22.5. The third kappa shape index (κ3) is 4.87. The van der Waals surface area contributed by atoms with Crippen LogP contribution >= 0.6 is 11.8 Å². The van der Waals surface area contributed by atoms with E-state index in [4.69, 9.17) is 4.42 Å². The molecule has 3 aromatic rings. The summed E-state index contributed by atoms with van der Waals surface area (Å²) in [5.74, 6) is 0.171. The first-order chi connectivity index (χ1) is 15.4. The maximum atomic E-state index is 12.9. The highest BCUT2D eigenvalue weighted by Gasteiger charge is 2.28. The first-order valence-electron chi connectivity index (χ1n) is 10.3. The quantitative estimate of drug-likeness (QED) is 0.538. The summed E-state index contributed by atoms with van der Waals surface area (Å²) in [4.78, 5) is 13.8. The third-order valence-electron chi connectivity index (χ3n) is 5.36. The Bertz CT molecular complexity index is 1190. The molecule has 2 heterocycles. The molecule has 1 atom stereocenters. The van der Waals surface area contributed by atoms with E-state index >= 15 is 0 Å². The van der Waals surface area contributed by atoms with Gasteiger partial charge in [0, 0.05) is 29.1 Å². The number of sulfonamides is 1. The molecule has 0 saturated carbocycles. The molecule has 32 heavy (non-hydrogen) atoms. The number of amides is 1. The summed E-state index contributed by atoms with van der Waals surface area (Å²) in [6, 6.07) is 13.5. The topological polar surface area (TPSA) is 105 Å². The first-order valence-corrected chi connectivity index (χ1v) is 12.9. The number of nitrogens with one attached hydrogen (secondary N) is 1. The second-order valence-electron chi connectivity index (χ2n) is 7.73. The molecule has 1 N–H and O–H groups in total. The van der Waals surface area contributed by atoms with Gasteiger partial charge in [0.25, 0.3) is 5.91 Å². The van der Waals surface area contributed by atoms with Crippen molar-refractivity contribution in [2.24, 2.45) is 5.92 Å². The largest absolute Gasteiger partial charge is 0.403 e. The average molecular weight is 473 g/mol. The number of hydrogen-bond donors (Lipinski definition) is 1. The molecule has 1 fully saturated rings. The molecule has 10 heteroatoms. The molecule has 0 spiro atoms. The Balaban J connectivity index is 1.43. The molecule has 1 amide bonds. The van der Waals surface area contributed by atoms with E-state index in [-0.39, 0.29) is 10.9 Å². The van der Waals surface area contributed by atoms with Gasteiger partial charge in [0.05, 0.1) is 4.90 Å². The van der Waals surface area contributed by atoms with Gasteiger partial charge in [-0.15, -0.1) is 16.9 Å². The Morgan fingerprint density at radius 2 is 1.84 bits per heavy atom. The summed E-state index contributed by atoms with van der Waals surface area (Å²) in [6.45, 7) is 3.09. The van der Waals surface area contributed by atoms with Crippen molar-refractivity contribution >= 4 is 33.7 Å². The number of benzene rings is 2. The Hall–Kier alpha value is -2.69. The lowest BCUT2D eigenvalue weighted by atomic mass is 10.0. The zero-order valence-corrected chi connectivity index (χ0v) is 19.4. The zero-order valence-electron chi connectivity index (χ0n) is 17.8. The number of nitrogens with zero attached hydrogens (tertiary/aromatic N) is 3. The van der Waals surface area contributed by atoms with Gasteiger partial charge in [-0.25, -0.2) is 8.42 Å². The average Bonchev–Trinajstić information content (AvgIpc) is 3.27. The summed E-state index contributed by atoms with van der Waals surface area (Å²) in [6.07, 6.45) is 3.88. The molecule has 1 aromatic heterocycles. The standard InChI is InChI=1S/C22H24N4O4S2/c1-15-4-3-13-26(14-15)32(28,29)19-11-7-16(8-12-19)20(27)23-22-25-24-21(30-22)17-5-9-18(31-2)10-6-17/h5-12,15H,3-4,13-14H2,1-2H3,(H,23,25,27)/t15-/m0/s1. The zero-order chi connectivity index (χ0) is 22.7. The van der Waals surface area contributed by atoms with Crippen LogP contribution in [0.5, 0.6) is 0 Å². The molecule has 4 rings (SSSR count). The highest BCUT2D eigenvalue weighted by molar-refractivity contribution is 7.98. The number of carbonyl (C=O) groups excluding carboxylic acids is 1. The smallest absolute Gasteiger partial charge is 0.322 e. The SMILES string of the molecule is CSc1ccc(-c2nnc(NC(=O)c3ccc(S(=O)(=O)N4CCC[C@H](C)C4)cc3)o2)cc1. The number of rotatable bonds is 6. The Morgan fingerprint density at radius 3 is 2.50 bits per heavy atom. The van der Waals surface area contributed by atoms with Crippen molar-refractivity contribution < 1.29 is 17.6 Å². The molecular weight excluding hydrogens is 448 g/mol. The van der Waals surface area contributed by atoms with Gasteiger partial charge in [0.2, 0.25) is 15.9 Å². The molecule has 1 aliphatic rings. The van der Waals surface area contributed by atoms with Crippen molar-refractivity contribution in [1.29, 1.82) is 0 Å². The van der Waals surface area contributed by atoms with Crippen molar-refractivity contribution in [2.75, 3.05) is 24.7 Å². The van der Waals surface area contributed by atoms with Crippen molar-refractivity contribution in [3.05, 3.63) is 54.1 Å². The van der Waals surface area contributed by atoms with Crippen molar-refractivity contribution in [3.63, 3.8) is 0 Å². The summed E-state index contributed by atoms with van der Waals surface area (Å²) >= 11 is 1.63. The van der Waals surface area contributed by atoms with Crippen LogP contribution in [0.4, 0.5) is 6.01 Å². The minimum Gasteiger partial charge on any atom is -0.403 e. The van der Waals surface area contributed by atoms with Crippen LogP contribution in [0.25, 0.3) is 11.5 Å². The number of carbonyl (C=O) groups is 1. The highest BCUT2D eigenvalue weighted by atomic mass is 32.2. The predicted octanol–water partition coefficient (Wildman–Crippen LogP) is 4.13.